The van der Waals surface area contributed by atoms with Gasteiger partial charge in [0.05, 0.1) is 39.6 Å². The first-order valence-electron chi connectivity index (χ1n) is 9.60. The van der Waals surface area contributed by atoms with Gasteiger partial charge in [0.25, 0.3) is 5.56 Å². The van der Waals surface area contributed by atoms with Crippen molar-refractivity contribution in [3.63, 3.8) is 0 Å². The number of rotatable bonds is 6. The first-order chi connectivity index (χ1) is 15.0. The fourth-order valence-corrected chi connectivity index (χ4v) is 4.82. The van der Waals surface area contributed by atoms with Crippen LogP contribution in [-0.4, -0.2) is 32.3 Å². The maximum absolute atomic E-state index is 12.9. The molecule has 0 aliphatic carbocycles. The second-order valence-electron chi connectivity index (χ2n) is 6.86. The summed E-state index contributed by atoms with van der Waals surface area (Å²) in [5.41, 5.74) is 1.69. The Morgan fingerprint density at radius 1 is 1.10 bits per heavy atom. The van der Waals surface area contributed by atoms with E-state index < -0.39 is 0 Å². The monoisotopic (exact) mass is 472 g/mol. The number of nitrogens with one attached hydrogen (secondary N) is 1. The van der Waals surface area contributed by atoms with Crippen molar-refractivity contribution in [2.75, 3.05) is 6.54 Å². The lowest BCUT2D eigenvalue weighted by molar-refractivity contribution is -0.131. The van der Waals surface area contributed by atoms with Gasteiger partial charge in [0.1, 0.15) is 10.8 Å². The molecule has 0 radical (unpaired) electrons. The number of likely N-dealkylation sites (N-methyl/N-ethyl adjacent to an activating group) is 1. The summed E-state index contributed by atoms with van der Waals surface area (Å²) < 4.78 is 0. The first-order valence-corrected chi connectivity index (χ1v) is 11.2. The molecule has 1 N–H and O–H groups in total. The minimum Gasteiger partial charge on any atom is -0.335 e. The average Bonchev–Trinajstić information content (AvgIpc) is 3.19. The predicted octanol–water partition coefficient (Wildman–Crippen LogP) is 4.94. The summed E-state index contributed by atoms with van der Waals surface area (Å²) in [6.07, 6.45) is 0.129. The molecule has 0 saturated heterocycles. The Labute approximate surface area is 192 Å². The van der Waals surface area contributed by atoms with Crippen molar-refractivity contribution in [1.82, 2.24) is 19.9 Å². The topological polar surface area (TPSA) is 79.0 Å². The molecule has 31 heavy (non-hydrogen) atoms. The molecule has 4 aromatic rings. The van der Waals surface area contributed by atoms with Gasteiger partial charge in [-0.3, -0.25) is 9.59 Å². The highest BCUT2D eigenvalue weighted by Gasteiger charge is 2.18. The zero-order valence-corrected chi connectivity index (χ0v) is 18.9. The Morgan fingerprint density at radius 2 is 1.84 bits per heavy atom. The Morgan fingerprint density at radius 3 is 2.58 bits per heavy atom. The van der Waals surface area contributed by atoms with Crippen LogP contribution < -0.4 is 5.56 Å². The van der Waals surface area contributed by atoms with Crippen LogP contribution in [0.15, 0.2) is 52.6 Å². The number of benzene rings is 2. The van der Waals surface area contributed by atoms with Crippen LogP contribution >= 0.6 is 34.5 Å². The third-order valence-electron chi connectivity index (χ3n) is 4.80. The Hall–Kier alpha value is -2.74. The lowest BCUT2D eigenvalue weighted by atomic mass is 10.2. The number of H-pyrrole nitrogens is 1. The van der Waals surface area contributed by atoms with Crippen molar-refractivity contribution >= 4 is 51.3 Å². The molecule has 158 valence electrons. The molecule has 0 spiro atoms. The van der Waals surface area contributed by atoms with Gasteiger partial charge in [-0.25, -0.2) is 9.97 Å². The number of para-hydroxylation sites is 1. The molecule has 1 amide bonds. The van der Waals surface area contributed by atoms with E-state index in [1.54, 1.807) is 41.3 Å². The van der Waals surface area contributed by atoms with Crippen LogP contribution in [0.4, 0.5) is 0 Å². The number of nitrogens with zero attached hydrogens (tertiary/aromatic N) is 3. The second-order valence-corrected chi connectivity index (χ2v) is 8.53. The van der Waals surface area contributed by atoms with Gasteiger partial charge in [-0.05, 0) is 31.2 Å². The minimum absolute atomic E-state index is 0.111. The van der Waals surface area contributed by atoms with Gasteiger partial charge in [0, 0.05) is 17.5 Å². The molecule has 9 heteroatoms. The van der Waals surface area contributed by atoms with Crippen molar-refractivity contribution in [3.8, 4) is 10.6 Å². The number of carbonyl (C=O) groups is 1. The second kappa shape index (κ2) is 9.18. The van der Waals surface area contributed by atoms with Crippen molar-refractivity contribution in [2.24, 2.45) is 0 Å². The van der Waals surface area contributed by atoms with E-state index in [-0.39, 0.29) is 24.4 Å². The maximum atomic E-state index is 12.9. The van der Waals surface area contributed by atoms with Crippen molar-refractivity contribution < 1.29 is 4.79 Å². The molecule has 2 heterocycles. The van der Waals surface area contributed by atoms with Gasteiger partial charge >= 0.3 is 0 Å². The zero-order chi connectivity index (χ0) is 22.0. The number of amides is 1. The number of hydrogen-bond acceptors (Lipinski definition) is 5. The van der Waals surface area contributed by atoms with Gasteiger partial charge in [-0.2, -0.15) is 0 Å². The Bertz CT molecular complexity index is 1300. The maximum Gasteiger partial charge on any atom is 0.258 e. The molecule has 6 nitrogen and oxygen atoms in total. The summed E-state index contributed by atoms with van der Waals surface area (Å²) in [6, 6.07) is 12.4. The summed E-state index contributed by atoms with van der Waals surface area (Å²) in [7, 11) is 0. The molecule has 2 aromatic carbocycles. The highest BCUT2D eigenvalue weighted by atomic mass is 35.5. The van der Waals surface area contributed by atoms with E-state index in [0.717, 1.165) is 0 Å². The predicted molar refractivity (Wildman–Crippen MR) is 125 cm³/mol. The standard InChI is InChI=1S/C22H18Cl2N4O2S/c1-2-28(11-18-26-17-9-4-3-6-14(17)21(30)27-18)19(29)10-13-12-31-22(25-13)20-15(23)7-5-8-16(20)24/h3-9,12H,2,10-11H2,1H3,(H,26,27,30). The van der Waals surface area contributed by atoms with Crippen LogP contribution in [0.1, 0.15) is 18.4 Å². The van der Waals surface area contributed by atoms with Crippen LogP contribution in [0.2, 0.25) is 10.0 Å². The van der Waals surface area contributed by atoms with E-state index in [1.165, 1.54) is 11.3 Å². The molecule has 0 unspecified atom stereocenters. The SMILES string of the molecule is CCN(Cc1nc2ccccc2c(=O)[nH]1)C(=O)Cc1csc(-c2c(Cl)cccc2Cl)n1. The number of thiazole rings is 1. The molecular formula is C22H18Cl2N4O2S. The summed E-state index contributed by atoms with van der Waals surface area (Å²) in [5, 5.41) is 4.05. The third kappa shape index (κ3) is 4.63. The lowest BCUT2D eigenvalue weighted by Crippen LogP contribution is -2.33. The van der Waals surface area contributed by atoms with Gasteiger partial charge in [-0.15, -0.1) is 11.3 Å². The van der Waals surface area contributed by atoms with Crippen LogP contribution in [-0.2, 0) is 17.8 Å². The van der Waals surface area contributed by atoms with Crippen LogP contribution in [0.5, 0.6) is 0 Å². The van der Waals surface area contributed by atoms with E-state index in [4.69, 9.17) is 23.2 Å². The number of aromatic nitrogens is 3. The highest BCUT2D eigenvalue weighted by Crippen LogP contribution is 2.36. The van der Waals surface area contributed by atoms with E-state index in [1.807, 2.05) is 18.4 Å². The molecule has 0 atom stereocenters. The Balaban J connectivity index is 1.51. The first kappa shape index (κ1) is 21.5. The largest absolute Gasteiger partial charge is 0.335 e. The quantitative estimate of drug-likeness (QED) is 0.430. The van der Waals surface area contributed by atoms with Crippen molar-refractivity contribution in [1.29, 1.82) is 0 Å². The lowest BCUT2D eigenvalue weighted by Gasteiger charge is -2.20. The number of fused-ring (bicyclic) bond motifs is 1. The third-order valence-corrected chi connectivity index (χ3v) is 6.34. The highest BCUT2D eigenvalue weighted by molar-refractivity contribution is 7.13. The van der Waals surface area contributed by atoms with E-state index >= 15 is 0 Å². The van der Waals surface area contributed by atoms with Gasteiger partial charge in [-0.1, -0.05) is 41.4 Å². The fourth-order valence-electron chi connectivity index (χ4n) is 3.24. The summed E-state index contributed by atoms with van der Waals surface area (Å²) >= 11 is 13.9. The minimum atomic E-state index is -0.218. The molecule has 0 aliphatic rings. The average molecular weight is 473 g/mol. The number of halogens is 2. The molecule has 0 saturated carbocycles. The number of hydrogen-bond donors (Lipinski definition) is 1. The van der Waals surface area contributed by atoms with Crippen LogP contribution in [0.25, 0.3) is 21.5 Å². The molecule has 0 aliphatic heterocycles. The molecular weight excluding hydrogens is 455 g/mol. The van der Waals surface area contributed by atoms with Crippen molar-refractivity contribution in [3.05, 3.63) is 79.8 Å². The summed E-state index contributed by atoms with van der Waals surface area (Å²) in [5.74, 6) is 0.334. The van der Waals surface area contributed by atoms with Gasteiger partial charge in [0.15, 0.2) is 0 Å². The number of aromatic amines is 1. The Kier molecular flexibility index (Phi) is 6.36. The molecule has 2 aromatic heterocycles. The number of carbonyl (C=O) groups excluding carboxylic acids is 1. The fraction of sp³-hybridized carbons (Fsp3) is 0.182. The molecule has 0 bridgehead atoms. The smallest absolute Gasteiger partial charge is 0.258 e. The van der Waals surface area contributed by atoms with E-state index in [0.29, 0.717) is 49.6 Å². The molecule has 4 rings (SSSR count). The van der Waals surface area contributed by atoms with E-state index in [2.05, 4.69) is 15.0 Å². The summed E-state index contributed by atoms with van der Waals surface area (Å²) in [6.45, 7) is 2.57. The molecule has 0 fully saturated rings. The van der Waals surface area contributed by atoms with Crippen LogP contribution in [0.3, 0.4) is 0 Å². The van der Waals surface area contributed by atoms with Crippen molar-refractivity contribution in [2.45, 2.75) is 19.9 Å². The van der Waals surface area contributed by atoms with Gasteiger partial charge < -0.3 is 9.88 Å². The van der Waals surface area contributed by atoms with Gasteiger partial charge in [0.2, 0.25) is 5.91 Å². The van der Waals surface area contributed by atoms with Crippen LogP contribution in [0, 0.1) is 0 Å². The summed E-state index contributed by atoms with van der Waals surface area (Å²) in [4.78, 5) is 38.6. The normalized spacial score (nSPS) is 11.1. The van der Waals surface area contributed by atoms with E-state index in [9.17, 15) is 9.59 Å². The zero-order valence-electron chi connectivity index (χ0n) is 16.6.